The van der Waals surface area contributed by atoms with Gasteiger partial charge in [0.05, 0.1) is 0 Å². The molecule has 0 nitrogen and oxygen atoms in total. The summed E-state index contributed by atoms with van der Waals surface area (Å²) in [5.74, 6) is 1.13. The predicted molar refractivity (Wildman–Crippen MR) is 226 cm³/mol. The van der Waals surface area contributed by atoms with Crippen molar-refractivity contribution in [1.29, 1.82) is 0 Å². The average Bonchev–Trinajstić information content (AvgIpc) is 3.74. The van der Waals surface area contributed by atoms with Gasteiger partial charge in [-0.25, -0.2) is 0 Å². The number of hydrogen-bond acceptors (Lipinski definition) is 0. The van der Waals surface area contributed by atoms with Crippen LogP contribution in [0.15, 0.2) is 120 Å². The minimum absolute atomic E-state index is 0. The third-order valence-corrected chi connectivity index (χ3v) is 31.9. The summed E-state index contributed by atoms with van der Waals surface area (Å²) in [4.78, 5) is 0. The molecule has 4 atom stereocenters. The first-order valence-corrected chi connectivity index (χ1v) is 28.6. The van der Waals surface area contributed by atoms with Crippen molar-refractivity contribution in [3.63, 3.8) is 0 Å². The van der Waals surface area contributed by atoms with E-state index in [1.807, 2.05) is 0 Å². The summed E-state index contributed by atoms with van der Waals surface area (Å²) in [6, 6.07) is 41.9. The second-order valence-corrected chi connectivity index (χ2v) is 33.7. The van der Waals surface area contributed by atoms with Crippen LogP contribution in [0.2, 0.25) is 13.1 Å². The molecule has 274 valence electrons. The van der Waals surface area contributed by atoms with Crippen molar-refractivity contribution in [2.24, 2.45) is 11.8 Å². The normalized spacial score (nSPS) is 16.6. The van der Waals surface area contributed by atoms with E-state index in [-0.39, 0.29) is 24.8 Å². The standard InChI is InChI=1S/2C24H23.C2H6Si.2ClH.Zr/c2*1-4-16(2)20-14-19-9-7-11-22(23(19)15-20)24-17(3)12-13-18-8-5-6-10-21(18)24;1-3-2;;;/h2*5-16H,4H2,1-3H3;1-2H3;2*1H;/q;;;;;+2/p-2. The number of fused-ring (bicyclic) bond motifs is 4. The third kappa shape index (κ3) is 6.78. The molecular formula is C50H52Cl2SiZr. The monoisotopic (exact) mass is 840 g/mol. The molecule has 2 aliphatic carbocycles. The smallest absolute Gasteiger partial charge is 1.00 e. The Hall–Kier alpha value is -3.00. The minimum atomic E-state index is -2.39. The van der Waals surface area contributed by atoms with Crippen LogP contribution in [0.25, 0.3) is 56.0 Å². The zero-order valence-electron chi connectivity index (χ0n) is 33.0. The van der Waals surface area contributed by atoms with Crippen LogP contribution in [-0.2, 0) is 20.4 Å². The first-order valence-electron chi connectivity index (χ1n) is 19.6. The zero-order chi connectivity index (χ0) is 36.3. The van der Waals surface area contributed by atoms with Crippen LogP contribution in [0.4, 0.5) is 0 Å². The summed E-state index contributed by atoms with van der Waals surface area (Å²) in [6.45, 7) is 19.8. The number of allylic oxidation sites excluding steroid dienone is 2. The fraction of sp³-hybridized carbons (Fsp3) is 0.280. The quantitative estimate of drug-likeness (QED) is 0.135. The van der Waals surface area contributed by atoms with E-state index in [0.29, 0.717) is 19.1 Å². The Bertz CT molecular complexity index is 2320. The van der Waals surface area contributed by atoms with Gasteiger partial charge in [-0.1, -0.05) is 0 Å². The van der Waals surface area contributed by atoms with Crippen molar-refractivity contribution in [2.45, 2.75) is 74.7 Å². The molecule has 0 spiro atoms. The molecule has 8 rings (SSSR count). The average molecular weight is 843 g/mol. The second-order valence-electron chi connectivity index (χ2n) is 15.8. The van der Waals surface area contributed by atoms with Crippen LogP contribution in [0.3, 0.4) is 0 Å². The molecule has 6 aromatic carbocycles. The summed E-state index contributed by atoms with van der Waals surface area (Å²) >= 11 is -2.39. The molecule has 0 saturated carbocycles. The van der Waals surface area contributed by atoms with Crippen LogP contribution in [0.1, 0.15) is 81.2 Å². The fourth-order valence-electron chi connectivity index (χ4n) is 9.53. The molecule has 0 bridgehead atoms. The van der Waals surface area contributed by atoms with Crippen molar-refractivity contribution in [3.8, 4) is 22.3 Å². The number of aryl methyl sites for hydroxylation is 2. The molecule has 0 saturated heterocycles. The summed E-state index contributed by atoms with van der Waals surface area (Å²) in [5.41, 5.74) is 17.6. The summed E-state index contributed by atoms with van der Waals surface area (Å²) in [7, 11) is 0. The van der Waals surface area contributed by atoms with E-state index in [4.69, 9.17) is 0 Å². The van der Waals surface area contributed by atoms with Crippen LogP contribution >= 0.6 is 0 Å². The maximum absolute atomic E-state index is 2.70. The van der Waals surface area contributed by atoms with E-state index in [2.05, 4.69) is 176 Å². The minimum Gasteiger partial charge on any atom is -1.00 e. The predicted octanol–water partition coefficient (Wildman–Crippen LogP) is 8.49. The molecule has 0 heterocycles. The Morgan fingerprint density at radius 2 is 0.944 bits per heavy atom. The molecular weight excluding hydrogens is 791 g/mol. The van der Waals surface area contributed by atoms with Crippen molar-refractivity contribution in [2.75, 3.05) is 0 Å². The van der Waals surface area contributed by atoms with Gasteiger partial charge < -0.3 is 24.8 Å². The molecule has 6 aromatic rings. The van der Waals surface area contributed by atoms with Crippen LogP contribution in [0.5, 0.6) is 0 Å². The third-order valence-electron chi connectivity index (χ3n) is 12.6. The SMILES string of the molecule is CCC(C)C1=Cc2c(-c3c(C)ccc4ccccc34)cccc2[CH]1[Zr+2]([CH]1C(C(C)CC)=Cc2c(-c3c(C)ccc4ccccc34)cccc21)=[Si](C)C.[Cl-].[Cl-]. The van der Waals surface area contributed by atoms with Gasteiger partial charge in [0.2, 0.25) is 0 Å². The molecule has 4 unspecified atom stereocenters. The topological polar surface area (TPSA) is 0 Å². The van der Waals surface area contributed by atoms with Crippen molar-refractivity contribution >= 4 is 39.1 Å². The first kappa shape index (κ1) is 40.7. The van der Waals surface area contributed by atoms with Gasteiger partial charge in [0.1, 0.15) is 0 Å². The molecule has 0 aliphatic heterocycles. The maximum atomic E-state index is 2.70. The Morgan fingerprint density at radius 3 is 1.33 bits per heavy atom. The zero-order valence-corrected chi connectivity index (χ0v) is 38.0. The Kier molecular flexibility index (Phi) is 12.5. The van der Waals surface area contributed by atoms with Gasteiger partial charge in [-0.15, -0.1) is 0 Å². The number of halogens is 2. The first-order chi connectivity index (χ1) is 25.2. The van der Waals surface area contributed by atoms with E-state index >= 15 is 0 Å². The van der Waals surface area contributed by atoms with Gasteiger partial charge in [-0.2, -0.15) is 0 Å². The molecule has 0 aromatic heterocycles. The summed E-state index contributed by atoms with van der Waals surface area (Å²) < 4.78 is 1.19. The fourth-order valence-corrected chi connectivity index (χ4v) is 30.3. The van der Waals surface area contributed by atoms with Gasteiger partial charge in [0.25, 0.3) is 0 Å². The van der Waals surface area contributed by atoms with Gasteiger partial charge in [-0.05, 0) is 0 Å². The Balaban J connectivity index is 0.00000249. The van der Waals surface area contributed by atoms with Gasteiger partial charge in [0.15, 0.2) is 0 Å². The molecule has 54 heavy (non-hydrogen) atoms. The van der Waals surface area contributed by atoms with E-state index in [0.717, 1.165) is 0 Å². The van der Waals surface area contributed by atoms with Gasteiger partial charge in [0, 0.05) is 0 Å². The molecule has 0 fully saturated rings. The largest absolute Gasteiger partial charge is 1.00 e. The van der Waals surface area contributed by atoms with E-state index in [9.17, 15) is 0 Å². The van der Waals surface area contributed by atoms with Gasteiger partial charge in [-0.3, -0.25) is 0 Å². The molecule has 2 aliphatic rings. The van der Waals surface area contributed by atoms with Crippen molar-refractivity contribution in [1.82, 2.24) is 0 Å². The number of rotatable bonds is 8. The summed E-state index contributed by atoms with van der Waals surface area (Å²) in [5, 5.41) is 5.40. The van der Waals surface area contributed by atoms with Crippen LogP contribution < -0.4 is 24.8 Å². The van der Waals surface area contributed by atoms with Crippen LogP contribution in [-0.4, -0.2) is 5.43 Å². The van der Waals surface area contributed by atoms with E-state index in [1.165, 1.54) is 78.9 Å². The number of benzene rings is 6. The number of hydrogen-bond donors (Lipinski definition) is 0. The Morgan fingerprint density at radius 1 is 0.537 bits per heavy atom. The van der Waals surface area contributed by atoms with Crippen LogP contribution in [0, 0.1) is 25.7 Å². The Labute approximate surface area is 344 Å². The van der Waals surface area contributed by atoms with Crippen molar-refractivity contribution < 1.29 is 45.2 Å². The van der Waals surface area contributed by atoms with E-state index in [1.54, 1.807) is 22.3 Å². The molecule has 0 radical (unpaired) electrons. The van der Waals surface area contributed by atoms with Gasteiger partial charge >= 0.3 is 322 Å². The molecule has 0 amide bonds. The second kappa shape index (κ2) is 16.6. The molecule has 4 heteroatoms. The maximum Gasteiger partial charge on any atom is -1.00 e. The van der Waals surface area contributed by atoms with E-state index < -0.39 is 25.8 Å². The summed E-state index contributed by atoms with van der Waals surface area (Å²) in [6.07, 6.45) is 7.78. The molecule has 0 N–H and O–H groups in total. The van der Waals surface area contributed by atoms with Crippen molar-refractivity contribution in [3.05, 3.63) is 154 Å².